The minimum absolute atomic E-state index is 0.0464. The summed E-state index contributed by atoms with van der Waals surface area (Å²) in [6.45, 7) is 6.85. The van der Waals surface area contributed by atoms with Crippen LogP contribution >= 0.6 is 23.2 Å². The summed E-state index contributed by atoms with van der Waals surface area (Å²) in [4.78, 5) is 30.1. The molecule has 2 aromatic rings. The van der Waals surface area contributed by atoms with E-state index in [-0.39, 0.29) is 22.8 Å². The van der Waals surface area contributed by atoms with Gasteiger partial charge in [0.25, 0.3) is 5.91 Å². The summed E-state index contributed by atoms with van der Waals surface area (Å²) in [5.74, 6) is -0.154. The Morgan fingerprint density at radius 3 is 2.27 bits per heavy atom. The van der Waals surface area contributed by atoms with Crippen LogP contribution in [0, 0.1) is 5.92 Å². The lowest BCUT2D eigenvalue weighted by atomic mass is 10.0. The highest BCUT2D eigenvalue weighted by atomic mass is 35.5. The summed E-state index contributed by atoms with van der Waals surface area (Å²) in [5.41, 5.74) is 1.48. The van der Waals surface area contributed by atoms with Gasteiger partial charge in [0, 0.05) is 36.9 Å². The Morgan fingerprint density at radius 2 is 1.67 bits per heavy atom. The topological polar surface area (TPSA) is 52.7 Å². The number of para-hydroxylation sites is 1. The van der Waals surface area contributed by atoms with Gasteiger partial charge >= 0.3 is 0 Å². The molecule has 1 N–H and O–H groups in total. The lowest BCUT2D eigenvalue weighted by Crippen LogP contribution is -2.55. The van der Waals surface area contributed by atoms with E-state index in [1.54, 1.807) is 12.1 Å². The molecule has 1 aliphatic rings. The average molecular weight is 448 g/mol. The van der Waals surface area contributed by atoms with Crippen LogP contribution in [0.15, 0.2) is 48.5 Å². The molecule has 0 aliphatic carbocycles. The van der Waals surface area contributed by atoms with E-state index in [0.717, 1.165) is 18.8 Å². The van der Waals surface area contributed by atoms with Gasteiger partial charge in [0.1, 0.15) is 6.04 Å². The molecule has 1 unspecified atom stereocenters. The first-order chi connectivity index (χ1) is 14.3. The van der Waals surface area contributed by atoms with Crippen LogP contribution in [0.25, 0.3) is 0 Å². The number of anilines is 1. The van der Waals surface area contributed by atoms with Gasteiger partial charge in [-0.2, -0.15) is 0 Å². The number of benzene rings is 2. The Bertz CT molecular complexity index is 881. The Hall–Kier alpha value is -2.24. The summed E-state index contributed by atoms with van der Waals surface area (Å²) in [6, 6.07) is 14.3. The van der Waals surface area contributed by atoms with Crippen LogP contribution in [-0.4, -0.2) is 48.9 Å². The predicted molar refractivity (Wildman–Crippen MR) is 122 cm³/mol. The maximum atomic E-state index is 13.2. The number of rotatable bonds is 6. The molecular formula is C23H27Cl2N3O2. The lowest BCUT2D eigenvalue weighted by Gasteiger charge is -2.38. The predicted octanol–water partition coefficient (Wildman–Crippen LogP) is 4.49. The minimum Gasteiger partial charge on any atom is -0.368 e. The maximum Gasteiger partial charge on any atom is 0.253 e. The molecule has 1 atom stereocenters. The van der Waals surface area contributed by atoms with Gasteiger partial charge in [-0.05, 0) is 42.7 Å². The molecule has 0 bridgehead atoms. The molecule has 1 fully saturated rings. The molecule has 30 heavy (non-hydrogen) atoms. The van der Waals surface area contributed by atoms with E-state index >= 15 is 0 Å². The zero-order valence-corrected chi connectivity index (χ0v) is 18.8. The van der Waals surface area contributed by atoms with Crippen molar-refractivity contribution < 1.29 is 9.59 Å². The van der Waals surface area contributed by atoms with Crippen molar-refractivity contribution in [2.24, 2.45) is 5.92 Å². The molecule has 0 radical (unpaired) electrons. The molecule has 7 heteroatoms. The van der Waals surface area contributed by atoms with Crippen molar-refractivity contribution in [1.82, 2.24) is 10.2 Å². The third kappa shape index (κ3) is 5.67. The highest BCUT2D eigenvalue weighted by Crippen LogP contribution is 2.22. The second-order valence-electron chi connectivity index (χ2n) is 7.93. The lowest BCUT2D eigenvalue weighted by molar-refractivity contribution is -0.134. The van der Waals surface area contributed by atoms with Gasteiger partial charge in [0.15, 0.2) is 0 Å². The van der Waals surface area contributed by atoms with Gasteiger partial charge in [-0.3, -0.25) is 9.59 Å². The van der Waals surface area contributed by atoms with Gasteiger partial charge < -0.3 is 15.1 Å². The second-order valence-corrected chi connectivity index (χ2v) is 8.77. The second kappa shape index (κ2) is 10.2. The fourth-order valence-corrected chi connectivity index (χ4v) is 4.14. The van der Waals surface area contributed by atoms with E-state index in [1.165, 1.54) is 6.07 Å². The van der Waals surface area contributed by atoms with Crippen LogP contribution in [0.4, 0.5) is 5.69 Å². The standard InChI is InChI=1S/C23H27Cl2N3O2/c1-16(2)14-21(26-22(29)19-9-8-17(24)15-20(19)25)23(30)28-12-10-27(11-13-28)18-6-4-3-5-7-18/h3-9,15-16,21H,10-14H2,1-2H3,(H,26,29). The molecular weight excluding hydrogens is 421 g/mol. The number of nitrogens with zero attached hydrogens (tertiary/aromatic N) is 2. The Balaban J connectivity index is 1.66. The third-order valence-electron chi connectivity index (χ3n) is 5.20. The van der Waals surface area contributed by atoms with E-state index in [4.69, 9.17) is 23.2 Å². The molecule has 1 saturated heterocycles. The molecule has 0 spiro atoms. The van der Waals surface area contributed by atoms with Gasteiger partial charge in [0.2, 0.25) is 5.91 Å². The molecule has 1 heterocycles. The summed E-state index contributed by atoms with van der Waals surface area (Å²) >= 11 is 12.1. The minimum atomic E-state index is -0.590. The maximum absolute atomic E-state index is 13.2. The van der Waals surface area contributed by atoms with E-state index in [2.05, 4.69) is 22.3 Å². The Labute approximate surface area is 187 Å². The van der Waals surface area contributed by atoms with Crippen LogP contribution in [0.2, 0.25) is 10.0 Å². The van der Waals surface area contributed by atoms with Gasteiger partial charge in [-0.25, -0.2) is 0 Å². The number of piperazine rings is 1. The monoisotopic (exact) mass is 447 g/mol. The van der Waals surface area contributed by atoms with Crippen molar-refractivity contribution in [2.75, 3.05) is 31.1 Å². The van der Waals surface area contributed by atoms with Gasteiger partial charge in [-0.15, -0.1) is 0 Å². The first kappa shape index (κ1) is 22.4. The van der Waals surface area contributed by atoms with Crippen molar-refractivity contribution in [2.45, 2.75) is 26.3 Å². The summed E-state index contributed by atoms with van der Waals surface area (Å²) in [5, 5.41) is 3.62. The molecule has 1 aliphatic heterocycles. The van der Waals surface area contributed by atoms with Crippen LogP contribution in [0.1, 0.15) is 30.6 Å². The smallest absolute Gasteiger partial charge is 0.253 e. The highest BCUT2D eigenvalue weighted by molar-refractivity contribution is 6.36. The molecule has 2 aromatic carbocycles. The SMILES string of the molecule is CC(C)CC(NC(=O)c1ccc(Cl)cc1Cl)C(=O)N1CCN(c2ccccc2)CC1. The molecule has 0 saturated carbocycles. The first-order valence-electron chi connectivity index (χ1n) is 10.2. The number of amides is 2. The summed E-state index contributed by atoms with van der Waals surface area (Å²) in [6.07, 6.45) is 0.564. The normalized spacial score (nSPS) is 15.2. The zero-order valence-electron chi connectivity index (χ0n) is 17.3. The number of hydrogen-bond acceptors (Lipinski definition) is 3. The Morgan fingerprint density at radius 1 is 1.00 bits per heavy atom. The molecule has 3 rings (SSSR count). The molecule has 2 amide bonds. The highest BCUT2D eigenvalue weighted by Gasteiger charge is 2.30. The van der Waals surface area contributed by atoms with Crippen molar-refractivity contribution in [3.05, 3.63) is 64.1 Å². The van der Waals surface area contributed by atoms with Crippen molar-refractivity contribution in [1.29, 1.82) is 0 Å². The fraction of sp³-hybridized carbons (Fsp3) is 0.391. The van der Waals surface area contributed by atoms with Crippen LogP contribution in [0.3, 0.4) is 0 Å². The van der Waals surface area contributed by atoms with Crippen LogP contribution < -0.4 is 10.2 Å². The van der Waals surface area contributed by atoms with Gasteiger partial charge in [0.05, 0.1) is 10.6 Å². The zero-order chi connectivity index (χ0) is 21.7. The summed E-state index contributed by atoms with van der Waals surface area (Å²) < 4.78 is 0. The van der Waals surface area contributed by atoms with E-state index < -0.39 is 6.04 Å². The number of hydrogen-bond donors (Lipinski definition) is 1. The molecule has 0 aromatic heterocycles. The third-order valence-corrected chi connectivity index (χ3v) is 5.75. The van der Waals surface area contributed by atoms with Crippen molar-refractivity contribution in [3.8, 4) is 0 Å². The van der Waals surface area contributed by atoms with Crippen LogP contribution in [-0.2, 0) is 4.79 Å². The largest absolute Gasteiger partial charge is 0.368 e. The van der Waals surface area contributed by atoms with Crippen molar-refractivity contribution >= 4 is 40.7 Å². The number of carbonyl (C=O) groups is 2. The average Bonchev–Trinajstić information content (AvgIpc) is 2.73. The van der Waals surface area contributed by atoms with Crippen molar-refractivity contribution in [3.63, 3.8) is 0 Å². The quantitative estimate of drug-likeness (QED) is 0.709. The first-order valence-corrected chi connectivity index (χ1v) is 11.0. The fourth-order valence-electron chi connectivity index (χ4n) is 3.65. The number of carbonyl (C=O) groups excluding carboxylic acids is 2. The summed E-state index contributed by atoms with van der Waals surface area (Å²) in [7, 11) is 0. The molecule has 5 nitrogen and oxygen atoms in total. The number of nitrogens with one attached hydrogen (secondary N) is 1. The van der Waals surface area contributed by atoms with E-state index in [1.807, 2.05) is 36.9 Å². The number of halogens is 2. The van der Waals surface area contributed by atoms with Gasteiger partial charge in [-0.1, -0.05) is 55.2 Å². The van der Waals surface area contributed by atoms with Crippen LogP contribution in [0.5, 0.6) is 0 Å². The van der Waals surface area contributed by atoms with E-state index in [0.29, 0.717) is 30.1 Å². The van der Waals surface area contributed by atoms with E-state index in [9.17, 15) is 9.59 Å². The Kier molecular flexibility index (Phi) is 7.62. The molecule has 160 valence electrons.